The van der Waals surface area contributed by atoms with Crippen LogP contribution >= 0.6 is 0 Å². The van der Waals surface area contributed by atoms with Crippen LogP contribution in [0.2, 0.25) is 0 Å². The van der Waals surface area contributed by atoms with Gasteiger partial charge in [0.1, 0.15) is 11.8 Å². The van der Waals surface area contributed by atoms with Gasteiger partial charge in [-0.3, -0.25) is 4.79 Å². The van der Waals surface area contributed by atoms with Gasteiger partial charge in [0.15, 0.2) is 5.78 Å². The number of carbonyl (C=O) groups is 1. The van der Waals surface area contributed by atoms with E-state index >= 15 is 0 Å². The molecule has 0 amide bonds. The number of carbonyl (C=O) groups excluding carboxylic acids is 1. The number of rotatable bonds is 6. The number of Topliss-reactive ketones (excluding diaryl/α,β-unsaturated/α-hetero) is 1. The van der Waals surface area contributed by atoms with Gasteiger partial charge >= 0.3 is 0 Å². The zero-order valence-electron chi connectivity index (χ0n) is 10.7. The van der Waals surface area contributed by atoms with Crippen LogP contribution < -0.4 is 0 Å². The Balaban J connectivity index is 1.67. The van der Waals surface area contributed by atoms with Crippen molar-refractivity contribution in [1.82, 2.24) is 0 Å². The number of ketones is 1. The Morgan fingerprint density at radius 1 is 1.37 bits per heavy atom. The van der Waals surface area contributed by atoms with E-state index in [1.54, 1.807) is 0 Å². The first-order valence-electron chi connectivity index (χ1n) is 6.49. The normalized spacial score (nSPS) is 17.4. The van der Waals surface area contributed by atoms with Crippen LogP contribution in [0, 0.1) is 11.3 Å². The van der Waals surface area contributed by atoms with Crippen LogP contribution in [-0.2, 0) is 16.1 Å². The van der Waals surface area contributed by atoms with E-state index in [9.17, 15) is 4.79 Å². The molecule has 0 bridgehead atoms. The molecule has 0 saturated carbocycles. The lowest BCUT2D eigenvalue weighted by Gasteiger charge is -2.01. The summed E-state index contributed by atoms with van der Waals surface area (Å²) in [5, 5.41) is 12.3. The maximum atomic E-state index is 11.8. The molecule has 1 aliphatic heterocycles. The predicted octanol–water partition coefficient (Wildman–Crippen LogP) is 2.64. The molecular formula is C15H16N2O2. The van der Waals surface area contributed by atoms with Gasteiger partial charge in [-0.25, -0.2) is 0 Å². The number of oxime groups is 1. The molecule has 19 heavy (non-hydrogen) atoms. The molecule has 4 heteroatoms. The number of benzene rings is 1. The second-order valence-electron chi connectivity index (χ2n) is 4.58. The Bertz CT molecular complexity index is 503. The fourth-order valence-electron chi connectivity index (χ4n) is 2.01. The average Bonchev–Trinajstić information content (AvgIpc) is 2.93. The summed E-state index contributed by atoms with van der Waals surface area (Å²) in [4.78, 5) is 16.6. The van der Waals surface area contributed by atoms with Crippen molar-refractivity contribution in [3.63, 3.8) is 0 Å². The Hall–Kier alpha value is -2.15. The standard InChI is InChI=1S/C15H16N2O2/c16-11-13-10-14(17-19-13)15(18)9-5-4-8-12-6-2-1-3-7-12/h1-3,6-7,13H,4-5,8-10H2. The van der Waals surface area contributed by atoms with E-state index in [0.717, 1.165) is 19.3 Å². The van der Waals surface area contributed by atoms with Crippen LogP contribution in [0.4, 0.5) is 0 Å². The largest absolute Gasteiger partial charge is 0.376 e. The van der Waals surface area contributed by atoms with Crippen molar-refractivity contribution < 1.29 is 9.63 Å². The number of nitrogens with zero attached hydrogens (tertiary/aromatic N) is 2. The second-order valence-corrected chi connectivity index (χ2v) is 4.58. The molecule has 1 aromatic rings. The van der Waals surface area contributed by atoms with Crippen LogP contribution in [0.3, 0.4) is 0 Å². The Morgan fingerprint density at radius 3 is 2.84 bits per heavy atom. The van der Waals surface area contributed by atoms with Crippen LogP contribution in [0.1, 0.15) is 31.2 Å². The molecule has 1 aromatic carbocycles. The summed E-state index contributed by atoms with van der Waals surface area (Å²) >= 11 is 0. The summed E-state index contributed by atoms with van der Waals surface area (Å²) in [5.41, 5.74) is 1.70. The van der Waals surface area contributed by atoms with Gasteiger partial charge in [0.2, 0.25) is 6.10 Å². The first-order valence-corrected chi connectivity index (χ1v) is 6.49. The highest BCUT2D eigenvalue weighted by Crippen LogP contribution is 2.13. The molecule has 1 heterocycles. The molecule has 0 aromatic heterocycles. The summed E-state index contributed by atoms with van der Waals surface area (Å²) in [6.07, 6.45) is 3.03. The van der Waals surface area contributed by atoms with Gasteiger partial charge in [0.25, 0.3) is 0 Å². The Labute approximate surface area is 112 Å². The van der Waals surface area contributed by atoms with Crippen molar-refractivity contribution in [2.75, 3.05) is 0 Å². The quantitative estimate of drug-likeness (QED) is 0.735. The molecule has 0 fully saturated rings. The first-order chi connectivity index (χ1) is 9.29. The molecule has 0 N–H and O–H groups in total. The average molecular weight is 256 g/mol. The minimum atomic E-state index is -0.580. The molecule has 98 valence electrons. The van der Waals surface area contributed by atoms with E-state index in [1.165, 1.54) is 5.56 Å². The molecule has 0 aliphatic carbocycles. The fraction of sp³-hybridized carbons (Fsp3) is 0.400. The minimum Gasteiger partial charge on any atom is -0.376 e. The zero-order valence-corrected chi connectivity index (χ0v) is 10.7. The summed E-state index contributed by atoms with van der Waals surface area (Å²) in [6.45, 7) is 0. The van der Waals surface area contributed by atoms with Crippen LogP contribution in [0.15, 0.2) is 35.5 Å². The van der Waals surface area contributed by atoms with Crippen LogP contribution in [0.5, 0.6) is 0 Å². The lowest BCUT2D eigenvalue weighted by Crippen LogP contribution is -2.14. The smallest absolute Gasteiger partial charge is 0.218 e. The van der Waals surface area contributed by atoms with Gasteiger partial charge in [-0.1, -0.05) is 35.5 Å². The van der Waals surface area contributed by atoms with E-state index < -0.39 is 6.10 Å². The van der Waals surface area contributed by atoms with Gasteiger partial charge in [0.05, 0.1) is 6.42 Å². The van der Waals surface area contributed by atoms with Crippen molar-refractivity contribution in [2.45, 2.75) is 38.2 Å². The van der Waals surface area contributed by atoms with E-state index in [4.69, 9.17) is 10.1 Å². The van der Waals surface area contributed by atoms with Crippen molar-refractivity contribution >= 4 is 11.5 Å². The molecule has 1 aliphatic rings. The number of aryl methyl sites for hydroxylation is 1. The Kier molecular flexibility index (Phi) is 4.68. The number of unbranched alkanes of at least 4 members (excludes halogenated alkanes) is 1. The highest BCUT2D eigenvalue weighted by molar-refractivity contribution is 6.40. The third kappa shape index (κ3) is 3.92. The second kappa shape index (κ2) is 6.69. The molecule has 0 radical (unpaired) electrons. The third-order valence-electron chi connectivity index (χ3n) is 3.10. The number of hydrogen-bond acceptors (Lipinski definition) is 4. The molecule has 2 rings (SSSR count). The highest BCUT2D eigenvalue weighted by Gasteiger charge is 2.24. The van der Waals surface area contributed by atoms with Crippen LogP contribution in [0.25, 0.3) is 0 Å². The van der Waals surface area contributed by atoms with Crippen molar-refractivity contribution in [1.29, 1.82) is 5.26 Å². The summed E-state index contributed by atoms with van der Waals surface area (Å²) in [7, 11) is 0. The summed E-state index contributed by atoms with van der Waals surface area (Å²) in [5.74, 6) is 0.00538. The van der Waals surface area contributed by atoms with Gasteiger partial charge < -0.3 is 4.84 Å². The van der Waals surface area contributed by atoms with Gasteiger partial charge in [-0.05, 0) is 24.8 Å². The monoisotopic (exact) mass is 256 g/mol. The lowest BCUT2D eigenvalue weighted by molar-refractivity contribution is -0.113. The molecule has 1 unspecified atom stereocenters. The molecular weight excluding hydrogens is 240 g/mol. The van der Waals surface area contributed by atoms with E-state index in [0.29, 0.717) is 18.6 Å². The minimum absolute atomic E-state index is 0.00538. The van der Waals surface area contributed by atoms with Gasteiger partial charge in [-0.15, -0.1) is 0 Å². The van der Waals surface area contributed by atoms with Crippen LogP contribution in [-0.4, -0.2) is 17.6 Å². The van der Waals surface area contributed by atoms with Gasteiger partial charge in [0, 0.05) is 6.42 Å². The zero-order chi connectivity index (χ0) is 13.5. The predicted molar refractivity (Wildman–Crippen MR) is 71.5 cm³/mol. The SMILES string of the molecule is N#CC1CC(C(=O)CCCCc2ccccc2)=NO1. The van der Waals surface area contributed by atoms with Gasteiger partial charge in [-0.2, -0.15) is 5.26 Å². The number of nitriles is 1. The molecule has 0 saturated heterocycles. The highest BCUT2D eigenvalue weighted by atomic mass is 16.6. The maximum Gasteiger partial charge on any atom is 0.218 e. The topological polar surface area (TPSA) is 62.5 Å². The molecule has 1 atom stereocenters. The third-order valence-corrected chi connectivity index (χ3v) is 3.10. The first kappa shape index (κ1) is 13.3. The number of hydrogen-bond donors (Lipinski definition) is 0. The molecule has 0 spiro atoms. The van der Waals surface area contributed by atoms with E-state index in [-0.39, 0.29) is 5.78 Å². The summed E-state index contributed by atoms with van der Waals surface area (Å²) < 4.78 is 0. The van der Waals surface area contributed by atoms with Crippen molar-refractivity contribution in [2.24, 2.45) is 5.16 Å². The molecule has 4 nitrogen and oxygen atoms in total. The van der Waals surface area contributed by atoms with E-state index in [2.05, 4.69) is 17.3 Å². The summed E-state index contributed by atoms with van der Waals surface area (Å²) in [6, 6.07) is 12.2. The van der Waals surface area contributed by atoms with Crippen molar-refractivity contribution in [3.8, 4) is 6.07 Å². The maximum absolute atomic E-state index is 11.8. The Morgan fingerprint density at radius 2 is 2.16 bits per heavy atom. The fourth-order valence-corrected chi connectivity index (χ4v) is 2.01. The lowest BCUT2D eigenvalue weighted by atomic mass is 10.0. The van der Waals surface area contributed by atoms with E-state index in [1.807, 2.05) is 24.3 Å². The van der Waals surface area contributed by atoms with Crippen molar-refractivity contribution in [3.05, 3.63) is 35.9 Å².